The van der Waals surface area contributed by atoms with E-state index in [1.165, 1.54) is 13.2 Å². The number of hydrogen-bond acceptors (Lipinski definition) is 3. The summed E-state index contributed by atoms with van der Waals surface area (Å²) in [5.41, 5.74) is 6.40. The van der Waals surface area contributed by atoms with Gasteiger partial charge in [-0.25, -0.2) is 4.99 Å². The van der Waals surface area contributed by atoms with Crippen LogP contribution in [0, 0.1) is 5.92 Å². The van der Waals surface area contributed by atoms with Gasteiger partial charge in [-0.05, 0) is 23.6 Å². The standard InChI is InChI=1S/C14H21F2N3O2/c1-9(2)7-18-14(17)19-8-10-4-5-11(20-3)12(6-10)21-13(15)16/h4-6,9,13H,7-8H2,1-3H3,(H3,17,18,19). The Bertz CT molecular complexity index is 479. The molecule has 1 aromatic rings. The topological polar surface area (TPSA) is 68.9 Å². The Balaban J connectivity index is 2.73. The van der Waals surface area contributed by atoms with Gasteiger partial charge in [0.2, 0.25) is 0 Å². The van der Waals surface area contributed by atoms with Crippen molar-refractivity contribution in [1.29, 1.82) is 0 Å². The number of rotatable bonds is 7. The van der Waals surface area contributed by atoms with Gasteiger partial charge in [0.25, 0.3) is 0 Å². The molecule has 0 saturated heterocycles. The average Bonchev–Trinajstić information content (AvgIpc) is 2.42. The number of nitrogens with zero attached hydrogens (tertiary/aromatic N) is 1. The Hall–Kier alpha value is -2.05. The molecule has 3 N–H and O–H groups in total. The van der Waals surface area contributed by atoms with Crippen LogP contribution in [0.4, 0.5) is 8.78 Å². The minimum Gasteiger partial charge on any atom is -0.493 e. The molecule has 7 heteroatoms. The molecule has 0 unspecified atom stereocenters. The lowest BCUT2D eigenvalue weighted by Gasteiger charge is -2.11. The van der Waals surface area contributed by atoms with Gasteiger partial charge in [0.05, 0.1) is 13.7 Å². The average molecular weight is 301 g/mol. The molecule has 0 heterocycles. The maximum absolute atomic E-state index is 12.3. The zero-order valence-corrected chi connectivity index (χ0v) is 12.4. The monoisotopic (exact) mass is 301 g/mol. The fraction of sp³-hybridized carbons (Fsp3) is 0.500. The number of guanidine groups is 1. The number of alkyl halides is 2. The highest BCUT2D eigenvalue weighted by atomic mass is 19.3. The first-order chi connectivity index (χ1) is 9.92. The molecule has 0 saturated carbocycles. The summed E-state index contributed by atoms with van der Waals surface area (Å²) in [5, 5.41) is 2.97. The predicted octanol–water partition coefficient (Wildman–Crippen LogP) is 2.36. The van der Waals surface area contributed by atoms with E-state index in [0.29, 0.717) is 17.4 Å². The van der Waals surface area contributed by atoms with Crippen molar-refractivity contribution in [2.45, 2.75) is 27.0 Å². The second-order valence-electron chi connectivity index (χ2n) is 4.84. The first-order valence-electron chi connectivity index (χ1n) is 6.58. The van der Waals surface area contributed by atoms with Crippen LogP contribution in [0.15, 0.2) is 23.2 Å². The van der Waals surface area contributed by atoms with Crippen molar-refractivity contribution >= 4 is 5.96 Å². The van der Waals surface area contributed by atoms with Crippen molar-refractivity contribution in [3.8, 4) is 11.5 Å². The minimum atomic E-state index is -2.91. The molecule has 0 amide bonds. The molecule has 5 nitrogen and oxygen atoms in total. The zero-order valence-electron chi connectivity index (χ0n) is 12.4. The fourth-order valence-corrected chi connectivity index (χ4v) is 1.55. The molecule has 0 aromatic heterocycles. The number of halogens is 2. The van der Waals surface area contributed by atoms with Gasteiger partial charge in [-0.15, -0.1) is 0 Å². The van der Waals surface area contributed by atoms with Crippen molar-refractivity contribution < 1.29 is 18.3 Å². The third kappa shape index (κ3) is 6.29. The van der Waals surface area contributed by atoms with Crippen LogP contribution in [0.1, 0.15) is 19.4 Å². The number of aliphatic imine (C=N–C) groups is 1. The van der Waals surface area contributed by atoms with E-state index in [-0.39, 0.29) is 18.0 Å². The lowest BCUT2D eigenvalue weighted by molar-refractivity contribution is -0.0512. The largest absolute Gasteiger partial charge is 0.493 e. The van der Waals surface area contributed by atoms with E-state index in [2.05, 4.69) is 28.9 Å². The third-order valence-electron chi connectivity index (χ3n) is 2.57. The Morgan fingerprint density at radius 1 is 1.33 bits per heavy atom. The molecule has 0 radical (unpaired) electrons. The van der Waals surface area contributed by atoms with Crippen LogP contribution in [-0.4, -0.2) is 26.2 Å². The molecule has 0 bridgehead atoms. The number of hydrogen-bond donors (Lipinski definition) is 2. The molecule has 0 spiro atoms. The molecule has 118 valence electrons. The molecule has 1 rings (SSSR count). The summed E-state index contributed by atoms with van der Waals surface area (Å²) < 4.78 is 34.0. The van der Waals surface area contributed by atoms with Crippen molar-refractivity contribution in [2.24, 2.45) is 16.6 Å². The van der Waals surface area contributed by atoms with Gasteiger partial charge >= 0.3 is 6.61 Å². The van der Waals surface area contributed by atoms with Crippen molar-refractivity contribution in [3.05, 3.63) is 23.8 Å². The van der Waals surface area contributed by atoms with Crippen LogP contribution in [0.2, 0.25) is 0 Å². The quantitative estimate of drug-likeness (QED) is 0.599. The second kappa shape index (κ2) is 8.28. The molecule has 0 aliphatic heterocycles. The molecule has 0 aliphatic carbocycles. The van der Waals surface area contributed by atoms with Crippen LogP contribution in [0.25, 0.3) is 0 Å². The number of ether oxygens (including phenoxy) is 2. The maximum atomic E-state index is 12.3. The molecular formula is C14H21F2N3O2. The third-order valence-corrected chi connectivity index (χ3v) is 2.57. The predicted molar refractivity (Wildman–Crippen MR) is 77.8 cm³/mol. The number of nitrogens with two attached hydrogens (primary N) is 1. The van der Waals surface area contributed by atoms with Gasteiger partial charge in [0.15, 0.2) is 17.5 Å². The lowest BCUT2D eigenvalue weighted by Crippen LogP contribution is -2.34. The zero-order chi connectivity index (χ0) is 15.8. The number of nitrogens with one attached hydrogen (secondary N) is 1. The van der Waals surface area contributed by atoms with Crippen molar-refractivity contribution in [2.75, 3.05) is 13.7 Å². The fourth-order valence-electron chi connectivity index (χ4n) is 1.55. The van der Waals surface area contributed by atoms with E-state index in [9.17, 15) is 8.78 Å². The van der Waals surface area contributed by atoms with E-state index >= 15 is 0 Å². The van der Waals surface area contributed by atoms with E-state index in [4.69, 9.17) is 10.5 Å². The first-order valence-corrected chi connectivity index (χ1v) is 6.58. The Morgan fingerprint density at radius 3 is 2.62 bits per heavy atom. The summed E-state index contributed by atoms with van der Waals surface area (Å²) in [6, 6.07) is 4.74. The summed E-state index contributed by atoms with van der Waals surface area (Å²) in [6.45, 7) is 2.18. The van der Waals surface area contributed by atoms with Gasteiger partial charge < -0.3 is 20.5 Å². The number of methoxy groups -OCH3 is 1. The van der Waals surface area contributed by atoms with Crippen molar-refractivity contribution in [3.63, 3.8) is 0 Å². The second-order valence-corrected chi connectivity index (χ2v) is 4.84. The SMILES string of the molecule is COc1ccc(CN=C(N)NCC(C)C)cc1OC(F)F. The lowest BCUT2D eigenvalue weighted by atomic mass is 10.2. The highest BCUT2D eigenvalue weighted by Crippen LogP contribution is 2.29. The molecule has 21 heavy (non-hydrogen) atoms. The molecular weight excluding hydrogens is 280 g/mol. The van der Waals surface area contributed by atoms with E-state index in [0.717, 1.165) is 6.54 Å². The highest BCUT2D eigenvalue weighted by Gasteiger charge is 2.11. The maximum Gasteiger partial charge on any atom is 0.387 e. The molecule has 0 atom stereocenters. The molecule has 0 aliphatic rings. The minimum absolute atomic E-state index is 0.0195. The summed E-state index contributed by atoms with van der Waals surface area (Å²) in [5.74, 6) is 0.990. The Labute approximate surface area is 123 Å². The first kappa shape index (κ1) is 17.0. The summed E-state index contributed by atoms with van der Waals surface area (Å²) in [7, 11) is 1.39. The van der Waals surface area contributed by atoms with Gasteiger partial charge in [0, 0.05) is 6.54 Å². The molecule has 0 fully saturated rings. The smallest absolute Gasteiger partial charge is 0.387 e. The van der Waals surface area contributed by atoms with Crippen LogP contribution < -0.4 is 20.5 Å². The van der Waals surface area contributed by atoms with Crippen LogP contribution >= 0.6 is 0 Å². The Morgan fingerprint density at radius 2 is 2.05 bits per heavy atom. The summed E-state index contributed by atoms with van der Waals surface area (Å²) >= 11 is 0. The van der Waals surface area contributed by atoms with Crippen molar-refractivity contribution in [1.82, 2.24) is 5.32 Å². The summed E-state index contributed by atoms with van der Waals surface area (Å²) in [6.07, 6.45) is 0. The van der Waals surface area contributed by atoms with Gasteiger partial charge in [-0.2, -0.15) is 8.78 Å². The van der Waals surface area contributed by atoms with Crippen LogP contribution in [-0.2, 0) is 6.54 Å². The Kier molecular flexibility index (Phi) is 6.71. The van der Waals surface area contributed by atoms with E-state index in [1.807, 2.05) is 0 Å². The van der Waals surface area contributed by atoms with Crippen LogP contribution in [0.3, 0.4) is 0 Å². The van der Waals surface area contributed by atoms with E-state index < -0.39 is 6.61 Å². The molecule has 1 aromatic carbocycles. The van der Waals surface area contributed by atoms with Gasteiger partial charge in [0.1, 0.15) is 0 Å². The normalized spacial score (nSPS) is 11.9. The summed E-state index contributed by atoms with van der Waals surface area (Å²) in [4.78, 5) is 4.14. The number of benzene rings is 1. The van der Waals surface area contributed by atoms with Gasteiger partial charge in [-0.3, -0.25) is 0 Å². The van der Waals surface area contributed by atoms with Gasteiger partial charge in [-0.1, -0.05) is 19.9 Å². The highest BCUT2D eigenvalue weighted by molar-refractivity contribution is 5.77. The van der Waals surface area contributed by atoms with E-state index in [1.54, 1.807) is 12.1 Å². The van der Waals surface area contributed by atoms with Crippen LogP contribution in [0.5, 0.6) is 11.5 Å².